The Hall–Kier alpha value is -3.20. The van der Waals surface area contributed by atoms with Gasteiger partial charge in [-0.05, 0) is 35.7 Å². The van der Waals surface area contributed by atoms with Crippen molar-refractivity contribution < 1.29 is 14.3 Å². The fraction of sp³-hybridized carbons (Fsp3) is 0.0909. The Labute approximate surface area is 145 Å². The van der Waals surface area contributed by atoms with Crippen LogP contribution < -0.4 is 4.74 Å². The lowest BCUT2D eigenvalue weighted by Gasteiger charge is -2.19. The molecule has 0 aliphatic heterocycles. The number of benzene rings is 3. The summed E-state index contributed by atoms with van der Waals surface area (Å²) < 4.78 is 5.69. The van der Waals surface area contributed by atoms with E-state index in [1.165, 1.54) is 0 Å². The molecule has 0 amide bonds. The van der Waals surface area contributed by atoms with Gasteiger partial charge in [0.1, 0.15) is 5.75 Å². The maximum absolute atomic E-state index is 12.6. The van der Waals surface area contributed by atoms with Crippen LogP contribution in [0.2, 0.25) is 0 Å². The minimum atomic E-state index is -0.454. The third-order valence-electron chi connectivity index (χ3n) is 4.43. The number of ether oxygens (including phenoxy) is 1. The van der Waals surface area contributed by atoms with Gasteiger partial charge in [-0.25, -0.2) is 0 Å². The third-order valence-corrected chi connectivity index (χ3v) is 4.43. The summed E-state index contributed by atoms with van der Waals surface area (Å²) in [7, 11) is 0. The highest BCUT2D eigenvalue weighted by Gasteiger charge is 2.30. The molecule has 0 N–H and O–H groups in total. The first-order valence-electron chi connectivity index (χ1n) is 8.25. The van der Waals surface area contributed by atoms with Gasteiger partial charge in [-0.15, -0.1) is 0 Å². The molecule has 3 aromatic rings. The van der Waals surface area contributed by atoms with Crippen LogP contribution in [0, 0.1) is 0 Å². The largest absolute Gasteiger partial charge is 0.493 e. The molecule has 3 nitrogen and oxygen atoms in total. The molecule has 4 rings (SSSR count). The van der Waals surface area contributed by atoms with Crippen LogP contribution in [0.15, 0.2) is 66.7 Å². The van der Waals surface area contributed by atoms with Gasteiger partial charge >= 0.3 is 0 Å². The van der Waals surface area contributed by atoms with Crippen LogP contribution in [0.5, 0.6) is 5.75 Å². The maximum Gasteiger partial charge on any atom is 0.234 e. The van der Waals surface area contributed by atoms with Crippen LogP contribution in [0.4, 0.5) is 0 Å². The molecule has 0 heterocycles. The number of ketones is 2. The molecular formula is C22H16O3. The van der Waals surface area contributed by atoms with E-state index in [0.717, 1.165) is 28.0 Å². The van der Waals surface area contributed by atoms with E-state index >= 15 is 0 Å². The molecule has 0 bridgehead atoms. The summed E-state index contributed by atoms with van der Waals surface area (Å²) >= 11 is 0. The summed E-state index contributed by atoms with van der Waals surface area (Å²) in [6.45, 7) is 2.50. The second-order valence-corrected chi connectivity index (χ2v) is 5.89. The predicted molar refractivity (Wildman–Crippen MR) is 97.1 cm³/mol. The third kappa shape index (κ3) is 2.45. The minimum Gasteiger partial charge on any atom is -0.493 e. The highest BCUT2D eigenvalue weighted by atomic mass is 16.5. The zero-order valence-corrected chi connectivity index (χ0v) is 13.8. The van der Waals surface area contributed by atoms with E-state index in [0.29, 0.717) is 17.7 Å². The van der Waals surface area contributed by atoms with Crippen molar-refractivity contribution in [2.24, 2.45) is 0 Å². The Balaban J connectivity index is 1.90. The lowest BCUT2D eigenvalue weighted by molar-refractivity contribution is 0.0815. The molecule has 0 fully saturated rings. The number of carbonyl (C=O) groups excluding carboxylic acids is 2. The number of Topliss-reactive ketones (excluding diaryl/α,β-unsaturated/α-hetero) is 2. The molecule has 122 valence electrons. The second kappa shape index (κ2) is 6.02. The summed E-state index contributed by atoms with van der Waals surface area (Å²) in [4.78, 5) is 25.0. The molecule has 0 radical (unpaired) electrons. The normalized spacial score (nSPS) is 12.5. The van der Waals surface area contributed by atoms with E-state index < -0.39 is 11.6 Å². The van der Waals surface area contributed by atoms with Crippen molar-refractivity contribution in [3.63, 3.8) is 0 Å². The van der Waals surface area contributed by atoms with E-state index in [1.54, 1.807) is 18.2 Å². The van der Waals surface area contributed by atoms with Gasteiger partial charge in [-0.1, -0.05) is 54.6 Å². The quantitative estimate of drug-likeness (QED) is 0.649. The Morgan fingerprint density at radius 1 is 0.680 bits per heavy atom. The summed E-state index contributed by atoms with van der Waals surface area (Å²) in [6, 6.07) is 20.6. The Morgan fingerprint density at radius 2 is 1.28 bits per heavy atom. The fourth-order valence-electron chi connectivity index (χ4n) is 3.28. The van der Waals surface area contributed by atoms with Gasteiger partial charge in [0, 0.05) is 16.7 Å². The van der Waals surface area contributed by atoms with Crippen molar-refractivity contribution >= 4 is 11.6 Å². The first kappa shape index (κ1) is 15.3. The maximum atomic E-state index is 12.6. The molecule has 0 unspecified atom stereocenters. The molecule has 0 spiro atoms. The van der Waals surface area contributed by atoms with Crippen LogP contribution in [-0.4, -0.2) is 18.2 Å². The van der Waals surface area contributed by atoms with Gasteiger partial charge in [-0.2, -0.15) is 0 Å². The van der Waals surface area contributed by atoms with Crippen molar-refractivity contribution in [1.82, 2.24) is 0 Å². The minimum absolute atomic E-state index is 0.446. The van der Waals surface area contributed by atoms with E-state index in [-0.39, 0.29) is 0 Å². The van der Waals surface area contributed by atoms with Gasteiger partial charge in [0.05, 0.1) is 6.61 Å². The highest BCUT2D eigenvalue weighted by molar-refractivity contribution is 6.53. The number of hydrogen-bond donors (Lipinski definition) is 0. The lowest BCUT2D eigenvalue weighted by atomic mass is 9.82. The SMILES string of the molecule is CCOc1ccccc1-c1ccc2c(c1)C(=O)C(=O)c1ccccc1-2. The molecule has 1 aliphatic carbocycles. The van der Waals surface area contributed by atoms with E-state index in [9.17, 15) is 9.59 Å². The van der Waals surface area contributed by atoms with Crippen LogP contribution in [0.25, 0.3) is 22.3 Å². The van der Waals surface area contributed by atoms with Crippen molar-refractivity contribution in [1.29, 1.82) is 0 Å². The number of fused-ring (bicyclic) bond motifs is 3. The average Bonchev–Trinajstić information content (AvgIpc) is 2.66. The van der Waals surface area contributed by atoms with Crippen LogP contribution in [0.3, 0.4) is 0 Å². The lowest BCUT2D eigenvalue weighted by Crippen LogP contribution is -2.21. The van der Waals surface area contributed by atoms with E-state index in [4.69, 9.17) is 4.74 Å². The zero-order chi connectivity index (χ0) is 17.4. The van der Waals surface area contributed by atoms with Gasteiger partial charge in [0.2, 0.25) is 11.6 Å². The number of hydrogen-bond acceptors (Lipinski definition) is 3. The Kier molecular flexibility index (Phi) is 3.69. The van der Waals surface area contributed by atoms with Crippen LogP contribution in [0.1, 0.15) is 27.6 Å². The molecule has 0 aromatic heterocycles. The second-order valence-electron chi connectivity index (χ2n) is 5.89. The van der Waals surface area contributed by atoms with Gasteiger partial charge in [0.15, 0.2) is 0 Å². The standard InChI is InChI=1S/C22H16O3/c1-2-25-20-10-6-5-7-15(20)14-11-12-17-16-8-3-4-9-18(16)21(23)22(24)19(17)13-14/h3-13H,2H2,1H3. The molecule has 3 aromatic carbocycles. The van der Waals surface area contributed by atoms with E-state index in [2.05, 4.69) is 0 Å². The predicted octanol–water partition coefficient (Wildman–Crippen LogP) is 4.80. The summed E-state index contributed by atoms with van der Waals surface area (Å²) in [5.74, 6) is -0.136. The van der Waals surface area contributed by atoms with Gasteiger partial charge < -0.3 is 4.74 Å². The Morgan fingerprint density at radius 3 is 2.04 bits per heavy atom. The van der Waals surface area contributed by atoms with Gasteiger partial charge in [-0.3, -0.25) is 9.59 Å². The first-order valence-corrected chi connectivity index (χ1v) is 8.25. The van der Waals surface area contributed by atoms with Crippen LogP contribution in [-0.2, 0) is 0 Å². The summed E-state index contributed by atoms with van der Waals surface area (Å²) in [5, 5.41) is 0. The molecule has 1 aliphatic rings. The molecule has 0 saturated carbocycles. The topological polar surface area (TPSA) is 43.4 Å². The number of para-hydroxylation sites is 1. The molecular weight excluding hydrogens is 312 g/mol. The molecule has 0 atom stereocenters. The van der Waals surface area contributed by atoms with Crippen LogP contribution >= 0.6 is 0 Å². The highest BCUT2D eigenvalue weighted by Crippen LogP contribution is 2.37. The summed E-state index contributed by atoms with van der Waals surface area (Å²) in [6.07, 6.45) is 0. The van der Waals surface area contributed by atoms with E-state index in [1.807, 2.05) is 55.5 Å². The monoisotopic (exact) mass is 328 g/mol. The van der Waals surface area contributed by atoms with Crippen molar-refractivity contribution in [2.45, 2.75) is 6.92 Å². The van der Waals surface area contributed by atoms with Crippen molar-refractivity contribution in [3.8, 4) is 28.0 Å². The molecule has 3 heteroatoms. The molecule has 25 heavy (non-hydrogen) atoms. The zero-order valence-electron chi connectivity index (χ0n) is 13.8. The number of carbonyl (C=O) groups is 2. The Bertz CT molecular complexity index is 1000. The average molecular weight is 328 g/mol. The first-order chi connectivity index (χ1) is 12.2. The van der Waals surface area contributed by atoms with Gasteiger partial charge in [0.25, 0.3) is 0 Å². The summed E-state index contributed by atoms with van der Waals surface area (Å²) in [5.41, 5.74) is 4.31. The fourth-order valence-corrected chi connectivity index (χ4v) is 3.28. The number of rotatable bonds is 3. The van der Waals surface area contributed by atoms with Crippen molar-refractivity contribution in [3.05, 3.63) is 77.9 Å². The smallest absolute Gasteiger partial charge is 0.234 e. The van der Waals surface area contributed by atoms with Crippen molar-refractivity contribution in [2.75, 3.05) is 6.61 Å². The molecule has 0 saturated heterocycles.